The van der Waals surface area contributed by atoms with Gasteiger partial charge >= 0.3 is 6.03 Å². The average molecular weight is 330 g/mol. The lowest BCUT2D eigenvalue weighted by Gasteiger charge is -2.46. The van der Waals surface area contributed by atoms with Crippen LogP contribution in [-0.2, 0) is 4.74 Å². The van der Waals surface area contributed by atoms with Gasteiger partial charge in [0.05, 0.1) is 13.2 Å². The Hall–Kier alpha value is -1.01. The number of morpholine rings is 1. The molecule has 0 unspecified atom stereocenters. The highest BCUT2D eigenvalue weighted by atomic mass is 35.5. The van der Waals surface area contributed by atoms with E-state index in [1.54, 1.807) is 23.1 Å². The number of amides is 2. The Kier molecular flexibility index (Phi) is 4.54. The van der Waals surface area contributed by atoms with Gasteiger partial charge in [-0.2, -0.15) is 0 Å². The third-order valence-corrected chi connectivity index (χ3v) is 4.26. The number of hydrogen-bond acceptors (Lipinski definition) is 3. The second-order valence-electron chi connectivity index (χ2n) is 5.30. The van der Waals surface area contributed by atoms with Crippen LogP contribution in [0.2, 0.25) is 10.0 Å². The minimum atomic E-state index is -0.113. The Balaban J connectivity index is 1.51. The smallest absolute Gasteiger partial charge is 0.321 e. The quantitative estimate of drug-likeness (QED) is 0.906. The summed E-state index contributed by atoms with van der Waals surface area (Å²) in [6, 6.07) is 5.34. The van der Waals surface area contributed by atoms with Crippen LogP contribution in [0.25, 0.3) is 0 Å². The van der Waals surface area contributed by atoms with E-state index in [0.29, 0.717) is 21.8 Å². The summed E-state index contributed by atoms with van der Waals surface area (Å²) in [7, 11) is 0. The van der Waals surface area contributed by atoms with Crippen LogP contribution in [0.5, 0.6) is 0 Å². The number of urea groups is 1. The summed E-state index contributed by atoms with van der Waals surface area (Å²) in [5, 5.41) is 3.84. The van der Waals surface area contributed by atoms with Gasteiger partial charge in [-0.05, 0) is 18.2 Å². The molecular weight excluding hydrogens is 313 g/mol. The number of benzene rings is 1. The van der Waals surface area contributed by atoms with Crippen molar-refractivity contribution < 1.29 is 9.53 Å². The van der Waals surface area contributed by atoms with Gasteiger partial charge in [-0.3, -0.25) is 4.90 Å². The lowest BCUT2D eigenvalue weighted by atomic mass is 10.1. The zero-order chi connectivity index (χ0) is 14.8. The molecule has 2 heterocycles. The predicted molar refractivity (Wildman–Crippen MR) is 83.2 cm³/mol. The maximum Gasteiger partial charge on any atom is 0.321 e. The lowest BCUT2D eigenvalue weighted by Crippen LogP contribution is -2.63. The third-order valence-electron chi connectivity index (χ3n) is 3.83. The van der Waals surface area contributed by atoms with E-state index in [1.165, 1.54) is 0 Å². The molecule has 0 atom stereocenters. The van der Waals surface area contributed by atoms with E-state index in [-0.39, 0.29) is 6.03 Å². The predicted octanol–water partition coefficient (Wildman–Crippen LogP) is 2.54. The molecule has 3 rings (SSSR count). The summed E-state index contributed by atoms with van der Waals surface area (Å²) in [4.78, 5) is 16.3. The Labute approximate surface area is 133 Å². The molecule has 0 bridgehead atoms. The van der Waals surface area contributed by atoms with E-state index in [1.807, 2.05) is 0 Å². The standard InChI is InChI=1S/C14H17Cl2N3O2/c15-10-5-11(16)7-12(6-10)17-14(20)19-8-13(9-19)18-1-3-21-4-2-18/h5-7,13H,1-4,8-9H2,(H,17,20). The zero-order valence-electron chi connectivity index (χ0n) is 11.5. The topological polar surface area (TPSA) is 44.8 Å². The van der Waals surface area contributed by atoms with E-state index in [0.717, 1.165) is 39.4 Å². The molecule has 2 saturated heterocycles. The van der Waals surface area contributed by atoms with Crippen molar-refractivity contribution >= 4 is 34.9 Å². The number of likely N-dealkylation sites (tertiary alicyclic amines) is 1. The Morgan fingerprint density at radius 3 is 2.38 bits per heavy atom. The van der Waals surface area contributed by atoms with Crippen molar-refractivity contribution in [3.63, 3.8) is 0 Å². The fourth-order valence-corrected chi connectivity index (χ4v) is 3.15. The number of rotatable bonds is 2. The summed E-state index contributed by atoms with van der Waals surface area (Å²) in [5.41, 5.74) is 0.618. The van der Waals surface area contributed by atoms with Crippen molar-refractivity contribution in [1.29, 1.82) is 0 Å². The first-order valence-electron chi connectivity index (χ1n) is 6.95. The molecule has 0 spiro atoms. The first-order chi connectivity index (χ1) is 10.1. The maximum absolute atomic E-state index is 12.1. The van der Waals surface area contributed by atoms with Crippen molar-refractivity contribution in [3.8, 4) is 0 Å². The molecule has 2 amide bonds. The van der Waals surface area contributed by atoms with E-state index in [4.69, 9.17) is 27.9 Å². The molecule has 2 fully saturated rings. The van der Waals surface area contributed by atoms with Gasteiger partial charge in [0.1, 0.15) is 0 Å². The zero-order valence-corrected chi connectivity index (χ0v) is 13.0. The fraction of sp³-hybridized carbons (Fsp3) is 0.500. The molecule has 0 aliphatic carbocycles. The molecule has 0 aromatic heterocycles. The summed E-state index contributed by atoms with van der Waals surface area (Å²) in [6.45, 7) is 4.96. The van der Waals surface area contributed by atoms with Crippen LogP contribution < -0.4 is 5.32 Å². The third kappa shape index (κ3) is 3.61. The minimum absolute atomic E-state index is 0.113. The number of hydrogen-bond donors (Lipinski definition) is 1. The molecule has 0 radical (unpaired) electrons. The van der Waals surface area contributed by atoms with Gasteiger partial charge in [0.15, 0.2) is 0 Å². The SMILES string of the molecule is O=C(Nc1cc(Cl)cc(Cl)c1)N1CC(N2CCOCC2)C1. The summed E-state index contributed by atoms with van der Waals surface area (Å²) >= 11 is 11.8. The number of carbonyl (C=O) groups is 1. The molecule has 2 aliphatic heterocycles. The van der Waals surface area contributed by atoms with Gasteiger partial charge in [0.25, 0.3) is 0 Å². The highest BCUT2D eigenvalue weighted by molar-refractivity contribution is 6.35. The Morgan fingerprint density at radius 2 is 1.76 bits per heavy atom. The highest BCUT2D eigenvalue weighted by Gasteiger charge is 2.35. The Bertz CT molecular complexity index is 509. The molecule has 7 heteroatoms. The van der Waals surface area contributed by atoms with Gasteiger partial charge in [-0.1, -0.05) is 23.2 Å². The minimum Gasteiger partial charge on any atom is -0.379 e. The van der Waals surface area contributed by atoms with Crippen LogP contribution >= 0.6 is 23.2 Å². The van der Waals surface area contributed by atoms with Gasteiger partial charge in [0, 0.05) is 48.0 Å². The maximum atomic E-state index is 12.1. The van der Waals surface area contributed by atoms with Crippen LogP contribution in [0.1, 0.15) is 0 Å². The number of halogens is 2. The van der Waals surface area contributed by atoms with E-state index in [9.17, 15) is 4.79 Å². The van der Waals surface area contributed by atoms with Gasteiger partial charge in [-0.15, -0.1) is 0 Å². The van der Waals surface area contributed by atoms with Crippen LogP contribution in [0, 0.1) is 0 Å². The molecule has 114 valence electrons. The van der Waals surface area contributed by atoms with Gasteiger partial charge in [-0.25, -0.2) is 4.79 Å². The second kappa shape index (κ2) is 6.40. The van der Waals surface area contributed by atoms with E-state index >= 15 is 0 Å². The Morgan fingerprint density at radius 1 is 1.14 bits per heavy atom. The number of anilines is 1. The molecule has 1 N–H and O–H groups in total. The molecule has 2 aliphatic rings. The second-order valence-corrected chi connectivity index (χ2v) is 6.17. The molecule has 1 aromatic carbocycles. The normalized spacial score (nSPS) is 20.2. The summed E-state index contributed by atoms with van der Waals surface area (Å²) < 4.78 is 5.33. The number of nitrogens with zero attached hydrogens (tertiary/aromatic N) is 2. The summed E-state index contributed by atoms with van der Waals surface area (Å²) in [6.07, 6.45) is 0. The molecule has 21 heavy (non-hydrogen) atoms. The van der Waals surface area contributed by atoms with Crippen molar-refractivity contribution in [1.82, 2.24) is 9.80 Å². The number of ether oxygens (including phenoxy) is 1. The monoisotopic (exact) mass is 329 g/mol. The van der Waals surface area contributed by atoms with Crippen molar-refractivity contribution in [2.75, 3.05) is 44.7 Å². The first-order valence-corrected chi connectivity index (χ1v) is 7.71. The first kappa shape index (κ1) is 14.9. The van der Waals surface area contributed by atoms with Crippen LogP contribution in [0.4, 0.5) is 10.5 Å². The largest absolute Gasteiger partial charge is 0.379 e. The molecular formula is C14H17Cl2N3O2. The van der Waals surface area contributed by atoms with E-state index < -0.39 is 0 Å². The van der Waals surface area contributed by atoms with Crippen LogP contribution in [0.15, 0.2) is 18.2 Å². The van der Waals surface area contributed by atoms with Crippen molar-refractivity contribution in [2.24, 2.45) is 0 Å². The number of carbonyl (C=O) groups excluding carboxylic acids is 1. The van der Waals surface area contributed by atoms with Crippen molar-refractivity contribution in [2.45, 2.75) is 6.04 Å². The van der Waals surface area contributed by atoms with Gasteiger partial charge < -0.3 is 15.0 Å². The van der Waals surface area contributed by atoms with Crippen LogP contribution in [0.3, 0.4) is 0 Å². The number of nitrogens with one attached hydrogen (secondary N) is 1. The van der Waals surface area contributed by atoms with Gasteiger partial charge in [0.2, 0.25) is 0 Å². The molecule has 0 saturated carbocycles. The fourth-order valence-electron chi connectivity index (χ4n) is 2.62. The van der Waals surface area contributed by atoms with Crippen molar-refractivity contribution in [3.05, 3.63) is 28.2 Å². The molecule has 1 aromatic rings. The molecule has 5 nitrogen and oxygen atoms in total. The van der Waals surface area contributed by atoms with Crippen LogP contribution in [-0.4, -0.2) is 61.3 Å². The highest BCUT2D eigenvalue weighted by Crippen LogP contribution is 2.24. The average Bonchev–Trinajstić information content (AvgIpc) is 2.36. The van der Waals surface area contributed by atoms with E-state index in [2.05, 4.69) is 10.2 Å². The lowest BCUT2D eigenvalue weighted by molar-refractivity contribution is -0.0189. The summed E-state index contributed by atoms with van der Waals surface area (Å²) in [5.74, 6) is 0.